The zero-order valence-corrected chi connectivity index (χ0v) is 7.71. The molecule has 0 amide bonds. The average molecular weight is 197 g/mol. The topological polar surface area (TPSA) is 72.6 Å². The normalized spacial score (nSPS) is 12.3. The van der Waals surface area contributed by atoms with Crippen LogP contribution in [0.25, 0.3) is 0 Å². The third-order valence-electron chi connectivity index (χ3n) is 1.30. The molecule has 0 aliphatic heterocycles. The molecule has 0 heterocycles. The Morgan fingerprint density at radius 3 is 2.57 bits per heavy atom. The lowest BCUT2D eigenvalue weighted by molar-refractivity contribution is -0.402. The number of hydrogen-bond donors (Lipinski definition) is 1. The quantitative estimate of drug-likeness (QED) is 0.241. The molecule has 14 heavy (non-hydrogen) atoms. The van der Waals surface area contributed by atoms with Crippen LogP contribution in [-0.4, -0.2) is 10.2 Å². The van der Waals surface area contributed by atoms with Gasteiger partial charge in [0, 0.05) is 6.08 Å². The van der Waals surface area contributed by atoms with Gasteiger partial charge in [0.25, 0.3) is 0 Å². The second-order valence-electron chi connectivity index (χ2n) is 2.28. The van der Waals surface area contributed by atoms with E-state index in [1.54, 1.807) is 13.0 Å². The molecule has 0 radical (unpaired) electrons. The molecule has 0 unspecified atom stereocenters. The summed E-state index contributed by atoms with van der Waals surface area (Å²) in [5, 5.41) is 18.1. The van der Waals surface area contributed by atoms with Crippen LogP contribution in [0.1, 0.15) is 6.92 Å². The molecule has 0 fully saturated rings. The maximum absolute atomic E-state index is 10.00. The van der Waals surface area contributed by atoms with Gasteiger partial charge in [-0.05, 0) is 18.6 Å². The largest absolute Gasteiger partial charge is 0.341 e. The number of allylic oxidation sites excluding steroid dienone is 5. The van der Waals surface area contributed by atoms with Gasteiger partial charge in [-0.1, -0.05) is 18.7 Å². The van der Waals surface area contributed by atoms with Gasteiger partial charge in [0.2, 0.25) is 6.20 Å². The van der Waals surface area contributed by atoms with Gasteiger partial charge in [-0.3, -0.25) is 10.1 Å². The Morgan fingerprint density at radius 1 is 1.50 bits per heavy atom. The first kappa shape index (κ1) is 12.1. The van der Waals surface area contributed by atoms with E-state index in [0.717, 1.165) is 6.20 Å². The standard InChI is InChI=1S/C9H11NO4/c1-3-9(6-7-10(11)12)5-4-8(2)14-13/h3-7,13H,2H2,1H3/b5-4-,7-6+,9-3+. The third-order valence-corrected chi connectivity index (χ3v) is 1.30. The molecule has 0 rings (SSSR count). The predicted octanol–water partition coefficient (Wildman–Crippen LogP) is 2.28. The van der Waals surface area contributed by atoms with Crippen molar-refractivity contribution in [2.24, 2.45) is 0 Å². The first-order chi connectivity index (χ1) is 6.60. The highest BCUT2D eigenvalue weighted by Gasteiger charge is 1.90. The number of nitrogens with zero attached hydrogens (tertiary/aromatic N) is 1. The Morgan fingerprint density at radius 2 is 2.14 bits per heavy atom. The van der Waals surface area contributed by atoms with E-state index >= 15 is 0 Å². The van der Waals surface area contributed by atoms with Crippen LogP contribution in [0.4, 0.5) is 0 Å². The molecule has 1 N–H and O–H groups in total. The number of nitro groups is 1. The molecule has 0 aliphatic carbocycles. The average Bonchev–Trinajstić information content (AvgIpc) is 2.17. The monoisotopic (exact) mass is 197 g/mol. The van der Waals surface area contributed by atoms with E-state index in [2.05, 4.69) is 11.5 Å². The fourth-order valence-electron chi connectivity index (χ4n) is 0.615. The van der Waals surface area contributed by atoms with Crippen LogP contribution in [0.3, 0.4) is 0 Å². The van der Waals surface area contributed by atoms with Crippen LogP contribution < -0.4 is 0 Å². The lowest BCUT2D eigenvalue weighted by Gasteiger charge is -1.92. The summed E-state index contributed by atoms with van der Waals surface area (Å²) in [7, 11) is 0. The zero-order chi connectivity index (χ0) is 11.0. The van der Waals surface area contributed by atoms with Crippen molar-refractivity contribution in [1.29, 1.82) is 0 Å². The van der Waals surface area contributed by atoms with Crippen molar-refractivity contribution < 1.29 is 15.1 Å². The first-order valence-corrected chi connectivity index (χ1v) is 3.76. The fourth-order valence-corrected chi connectivity index (χ4v) is 0.615. The highest BCUT2D eigenvalue weighted by atomic mass is 17.1. The number of rotatable bonds is 5. The Kier molecular flexibility index (Phi) is 5.73. The van der Waals surface area contributed by atoms with E-state index in [0.29, 0.717) is 5.57 Å². The van der Waals surface area contributed by atoms with Crippen LogP contribution in [0.15, 0.2) is 48.4 Å². The summed E-state index contributed by atoms with van der Waals surface area (Å²) in [4.78, 5) is 13.2. The number of hydrogen-bond acceptors (Lipinski definition) is 4. The molecular weight excluding hydrogens is 186 g/mol. The molecule has 0 aliphatic rings. The van der Waals surface area contributed by atoms with Crippen LogP contribution in [-0.2, 0) is 4.89 Å². The molecule has 5 heteroatoms. The molecule has 0 bridgehead atoms. The van der Waals surface area contributed by atoms with Crippen LogP contribution >= 0.6 is 0 Å². The molecule has 76 valence electrons. The van der Waals surface area contributed by atoms with Crippen molar-refractivity contribution in [3.63, 3.8) is 0 Å². The van der Waals surface area contributed by atoms with E-state index in [1.165, 1.54) is 18.2 Å². The lowest BCUT2D eigenvalue weighted by Crippen LogP contribution is -1.83. The molecule has 0 spiro atoms. The fraction of sp³-hybridized carbons (Fsp3) is 0.111. The molecule has 0 aromatic rings. The molecule has 0 atom stereocenters. The summed E-state index contributed by atoms with van der Waals surface area (Å²) in [5.41, 5.74) is 0.611. The Labute approximate surface area is 81.4 Å². The van der Waals surface area contributed by atoms with Gasteiger partial charge < -0.3 is 4.89 Å². The molecule has 0 saturated carbocycles. The second-order valence-corrected chi connectivity index (χ2v) is 2.28. The van der Waals surface area contributed by atoms with Crippen molar-refractivity contribution in [1.82, 2.24) is 0 Å². The van der Waals surface area contributed by atoms with Crippen molar-refractivity contribution >= 4 is 0 Å². The van der Waals surface area contributed by atoms with Gasteiger partial charge in [-0.25, -0.2) is 5.26 Å². The van der Waals surface area contributed by atoms with Crippen LogP contribution in [0.2, 0.25) is 0 Å². The van der Waals surface area contributed by atoms with Crippen LogP contribution in [0, 0.1) is 10.1 Å². The van der Waals surface area contributed by atoms with Crippen molar-refractivity contribution in [2.75, 3.05) is 0 Å². The smallest absolute Gasteiger partial charge is 0.235 e. The van der Waals surface area contributed by atoms with Crippen molar-refractivity contribution in [3.8, 4) is 0 Å². The Bertz CT molecular complexity index is 302. The van der Waals surface area contributed by atoms with Gasteiger partial charge in [0.05, 0.1) is 4.92 Å². The molecule has 5 nitrogen and oxygen atoms in total. The Hall–Kier alpha value is -1.88. The van der Waals surface area contributed by atoms with E-state index in [-0.39, 0.29) is 5.76 Å². The van der Waals surface area contributed by atoms with Gasteiger partial charge in [-0.15, -0.1) is 0 Å². The SMILES string of the molecule is C=C(\C=C/C(/C=C/[N+](=O)[O-])=C\C)OO. The minimum Gasteiger partial charge on any atom is -0.341 e. The summed E-state index contributed by atoms with van der Waals surface area (Å²) in [6.07, 6.45) is 6.72. The maximum Gasteiger partial charge on any atom is 0.235 e. The van der Waals surface area contributed by atoms with Gasteiger partial charge in [-0.2, -0.15) is 0 Å². The summed E-state index contributed by atoms with van der Waals surface area (Å²) in [6.45, 7) is 5.06. The highest BCUT2D eigenvalue weighted by Crippen LogP contribution is 2.02. The van der Waals surface area contributed by atoms with Crippen molar-refractivity contribution in [2.45, 2.75) is 6.92 Å². The van der Waals surface area contributed by atoms with Crippen molar-refractivity contribution in [3.05, 3.63) is 58.5 Å². The van der Waals surface area contributed by atoms with E-state index in [4.69, 9.17) is 5.26 Å². The van der Waals surface area contributed by atoms with E-state index < -0.39 is 4.92 Å². The molecule has 0 aromatic heterocycles. The van der Waals surface area contributed by atoms with E-state index in [1.807, 2.05) is 0 Å². The first-order valence-electron chi connectivity index (χ1n) is 3.76. The molecule has 0 saturated heterocycles. The maximum atomic E-state index is 10.00. The van der Waals surface area contributed by atoms with Gasteiger partial charge >= 0.3 is 0 Å². The summed E-state index contributed by atoms with van der Waals surface area (Å²) in [6, 6.07) is 0. The van der Waals surface area contributed by atoms with Gasteiger partial charge in [0.15, 0.2) is 5.76 Å². The zero-order valence-electron chi connectivity index (χ0n) is 7.71. The van der Waals surface area contributed by atoms with E-state index in [9.17, 15) is 10.1 Å². The highest BCUT2D eigenvalue weighted by molar-refractivity contribution is 5.31. The third kappa shape index (κ3) is 5.73. The molecule has 0 aromatic carbocycles. The lowest BCUT2D eigenvalue weighted by atomic mass is 10.2. The Balaban J connectivity index is 4.39. The van der Waals surface area contributed by atoms with Gasteiger partial charge in [0.1, 0.15) is 0 Å². The molecular formula is C9H11NO4. The second kappa shape index (κ2) is 6.62. The predicted molar refractivity (Wildman–Crippen MR) is 51.9 cm³/mol. The summed E-state index contributed by atoms with van der Waals surface area (Å²) in [5.74, 6) is 0.0545. The van der Waals surface area contributed by atoms with Crippen LogP contribution in [0.5, 0.6) is 0 Å². The minimum atomic E-state index is -0.561. The summed E-state index contributed by atoms with van der Waals surface area (Å²) < 4.78 is 0. The minimum absolute atomic E-state index is 0.0545. The summed E-state index contributed by atoms with van der Waals surface area (Å²) >= 11 is 0.